The van der Waals surface area contributed by atoms with Crippen LogP contribution in [0.15, 0.2) is 53.4 Å². The minimum Gasteiger partial charge on any atom is -0.355 e. The minimum atomic E-state index is -3.80. The first-order chi connectivity index (χ1) is 13.3. The predicted molar refractivity (Wildman–Crippen MR) is 107 cm³/mol. The summed E-state index contributed by atoms with van der Waals surface area (Å²) in [7, 11) is -3.80. The van der Waals surface area contributed by atoms with Gasteiger partial charge >= 0.3 is 0 Å². The van der Waals surface area contributed by atoms with E-state index in [0.717, 1.165) is 12.0 Å². The van der Waals surface area contributed by atoms with E-state index in [1.807, 2.05) is 37.3 Å². The fraction of sp³-hybridized carbons (Fsp3) is 0.300. The highest BCUT2D eigenvalue weighted by atomic mass is 32.2. The molecule has 0 fully saturated rings. The van der Waals surface area contributed by atoms with Crippen LogP contribution >= 0.6 is 0 Å². The largest absolute Gasteiger partial charge is 0.355 e. The molecule has 0 bridgehead atoms. The van der Waals surface area contributed by atoms with Gasteiger partial charge in [0.05, 0.1) is 11.4 Å². The molecule has 3 N–H and O–H groups in total. The zero-order valence-corrected chi connectivity index (χ0v) is 16.8. The van der Waals surface area contributed by atoms with E-state index in [-0.39, 0.29) is 29.5 Å². The number of hydrogen-bond acceptors (Lipinski definition) is 4. The lowest BCUT2D eigenvalue weighted by Gasteiger charge is -2.12. The Labute approximate surface area is 165 Å². The van der Waals surface area contributed by atoms with Gasteiger partial charge < -0.3 is 10.6 Å². The molecule has 2 aromatic carbocycles. The topological polar surface area (TPSA) is 104 Å². The van der Waals surface area contributed by atoms with Gasteiger partial charge in [-0.05, 0) is 36.6 Å². The van der Waals surface area contributed by atoms with Crippen LogP contribution in [0.4, 0.5) is 0 Å². The molecule has 0 radical (unpaired) electrons. The zero-order valence-electron chi connectivity index (χ0n) is 16.0. The van der Waals surface area contributed by atoms with Gasteiger partial charge in [0.1, 0.15) is 0 Å². The molecular weight excluding hydrogens is 378 g/mol. The van der Waals surface area contributed by atoms with Crippen LogP contribution in [0.3, 0.4) is 0 Å². The van der Waals surface area contributed by atoms with Gasteiger partial charge in [0.25, 0.3) is 5.91 Å². The number of carbonyl (C=O) groups excluding carboxylic acids is 2. The molecule has 28 heavy (non-hydrogen) atoms. The third-order valence-electron chi connectivity index (χ3n) is 4.03. The molecule has 0 aliphatic rings. The number of nitrogens with one attached hydrogen (secondary N) is 3. The van der Waals surface area contributed by atoms with Crippen molar-refractivity contribution in [3.05, 3.63) is 65.2 Å². The predicted octanol–water partition coefficient (Wildman–Crippen LogP) is 1.73. The van der Waals surface area contributed by atoms with Gasteiger partial charge in [-0.25, -0.2) is 13.1 Å². The standard InChI is InChI=1S/C20H25N3O4S/c1-3-11-21-19(24)14-22-20(25)17-10-9-15(2)18(12-17)28(26,27)23-13-16-7-5-4-6-8-16/h4-10,12,23H,3,11,13-14H2,1-2H3,(H,21,24)(H,22,25). The monoisotopic (exact) mass is 403 g/mol. The highest BCUT2D eigenvalue weighted by Crippen LogP contribution is 2.17. The Balaban J connectivity index is 2.08. The smallest absolute Gasteiger partial charge is 0.251 e. The number of rotatable bonds is 9. The molecule has 2 aromatic rings. The van der Waals surface area contributed by atoms with Crippen molar-refractivity contribution in [2.24, 2.45) is 0 Å². The van der Waals surface area contributed by atoms with E-state index in [9.17, 15) is 18.0 Å². The molecular formula is C20H25N3O4S. The number of amides is 2. The highest BCUT2D eigenvalue weighted by molar-refractivity contribution is 7.89. The zero-order chi connectivity index (χ0) is 20.6. The molecule has 0 aromatic heterocycles. The molecule has 0 heterocycles. The summed E-state index contributed by atoms with van der Waals surface area (Å²) in [4.78, 5) is 23.9. The van der Waals surface area contributed by atoms with E-state index >= 15 is 0 Å². The molecule has 0 atom stereocenters. The summed E-state index contributed by atoms with van der Waals surface area (Å²) in [5.41, 5.74) is 1.53. The van der Waals surface area contributed by atoms with Crippen LogP contribution in [-0.2, 0) is 21.4 Å². The average Bonchev–Trinajstić information content (AvgIpc) is 2.70. The summed E-state index contributed by atoms with van der Waals surface area (Å²) in [6.07, 6.45) is 0.800. The number of carbonyl (C=O) groups is 2. The third-order valence-corrected chi connectivity index (χ3v) is 5.57. The van der Waals surface area contributed by atoms with Crippen molar-refractivity contribution in [2.45, 2.75) is 31.7 Å². The molecule has 2 rings (SSSR count). The SMILES string of the molecule is CCCNC(=O)CNC(=O)c1ccc(C)c(S(=O)(=O)NCc2ccccc2)c1. The van der Waals surface area contributed by atoms with Crippen molar-refractivity contribution in [2.75, 3.05) is 13.1 Å². The maximum atomic E-state index is 12.7. The molecule has 2 amide bonds. The number of benzene rings is 2. The lowest BCUT2D eigenvalue weighted by Crippen LogP contribution is -2.37. The Kier molecular flexibility index (Phi) is 7.71. The Morgan fingerprint density at radius 3 is 2.39 bits per heavy atom. The Morgan fingerprint density at radius 1 is 1.00 bits per heavy atom. The van der Waals surface area contributed by atoms with Crippen LogP contribution in [0.1, 0.15) is 34.8 Å². The molecule has 0 spiro atoms. The second-order valence-corrected chi connectivity index (χ2v) is 8.06. The van der Waals surface area contributed by atoms with E-state index in [1.54, 1.807) is 13.0 Å². The Hall–Kier alpha value is -2.71. The number of aryl methyl sites for hydroxylation is 1. The van der Waals surface area contributed by atoms with Crippen LogP contribution in [0.25, 0.3) is 0 Å². The van der Waals surface area contributed by atoms with Crippen molar-refractivity contribution < 1.29 is 18.0 Å². The van der Waals surface area contributed by atoms with Crippen LogP contribution in [-0.4, -0.2) is 33.3 Å². The fourth-order valence-corrected chi connectivity index (χ4v) is 3.76. The maximum absolute atomic E-state index is 12.7. The van der Waals surface area contributed by atoms with E-state index < -0.39 is 15.9 Å². The summed E-state index contributed by atoms with van der Waals surface area (Å²) >= 11 is 0. The molecule has 8 heteroatoms. The molecule has 0 aliphatic heterocycles. The first-order valence-electron chi connectivity index (χ1n) is 9.02. The van der Waals surface area contributed by atoms with Gasteiger partial charge in [0.2, 0.25) is 15.9 Å². The summed E-state index contributed by atoms with van der Waals surface area (Å²) in [6, 6.07) is 13.6. The van der Waals surface area contributed by atoms with Gasteiger partial charge in [-0.15, -0.1) is 0 Å². The van der Waals surface area contributed by atoms with Crippen molar-refractivity contribution in [1.82, 2.24) is 15.4 Å². The third kappa shape index (κ3) is 6.17. The van der Waals surface area contributed by atoms with Gasteiger partial charge in [0.15, 0.2) is 0 Å². The normalized spacial score (nSPS) is 11.1. The van der Waals surface area contributed by atoms with Crippen LogP contribution in [0, 0.1) is 6.92 Å². The van der Waals surface area contributed by atoms with E-state index in [2.05, 4.69) is 15.4 Å². The van der Waals surface area contributed by atoms with E-state index in [0.29, 0.717) is 12.1 Å². The van der Waals surface area contributed by atoms with Gasteiger partial charge in [-0.3, -0.25) is 9.59 Å². The second kappa shape index (κ2) is 10.0. The lowest BCUT2D eigenvalue weighted by molar-refractivity contribution is -0.120. The van der Waals surface area contributed by atoms with Gasteiger partial charge in [-0.1, -0.05) is 43.3 Å². The fourth-order valence-electron chi connectivity index (χ4n) is 2.47. The van der Waals surface area contributed by atoms with Crippen LogP contribution < -0.4 is 15.4 Å². The molecule has 0 saturated heterocycles. The first kappa shape index (κ1) is 21.6. The number of hydrogen-bond donors (Lipinski definition) is 3. The van der Waals surface area contributed by atoms with E-state index in [4.69, 9.17) is 0 Å². The Bertz CT molecular complexity index is 928. The highest BCUT2D eigenvalue weighted by Gasteiger charge is 2.19. The van der Waals surface area contributed by atoms with Gasteiger partial charge in [0, 0.05) is 18.7 Å². The first-order valence-corrected chi connectivity index (χ1v) is 10.5. The molecule has 7 nitrogen and oxygen atoms in total. The average molecular weight is 404 g/mol. The van der Waals surface area contributed by atoms with Gasteiger partial charge in [-0.2, -0.15) is 0 Å². The quantitative estimate of drug-likeness (QED) is 0.593. The summed E-state index contributed by atoms with van der Waals surface area (Å²) in [5.74, 6) is -0.800. The lowest BCUT2D eigenvalue weighted by atomic mass is 10.1. The molecule has 0 aliphatic carbocycles. The summed E-state index contributed by atoms with van der Waals surface area (Å²) in [5, 5.41) is 5.15. The summed E-state index contributed by atoms with van der Waals surface area (Å²) < 4.78 is 27.9. The Morgan fingerprint density at radius 2 is 1.71 bits per heavy atom. The number of sulfonamides is 1. The minimum absolute atomic E-state index is 0.0338. The molecule has 150 valence electrons. The van der Waals surface area contributed by atoms with E-state index in [1.165, 1.54) is 12.1 Å². The summed E-state index contributed by atoms with van der Waals surface area (Å²) in [6.45, 7) is 4.11. The van der Waals surface area contributed by atoms with Crippen LogP contribution in [0.5, 0.6) is 0 Å². The van der Waals surface area contributed by atoms with Crippen molar-refractivity contribution in [3.63, 3.8) is 0 Å². The van der Waals surface area contributed by atoms with Crippen molar-refractivity contribution >= 4 is 21.8 Å². The molecule has 0 saturated carbocycles. The molecule has 0 unspecified atom stereocenters. The maximum Gasteiger partial charge on any atom is 0.251 e. The van der Waals surface area contributed by atoms with Crippen molar-refractivity contribution in [3.8, 4) is 0 Å². The van der Waals surface area contributed by atoms with Crippen molar-refractivity contribution in [1.29, 1.82) is 0 Å². The second-order valence-electron chi connectivity index (χ2n) is 6.32. The van der Waals surface area contributed by atoms with Crippen LogP contribution in [0.2, 0.25) is 0 Å².